The van der Waals surface area contributed by atoms with Crippen molar-refractivity contribution in [3.63, 3.8) is 0 Å². The van der Waals surface area contributed by atoms with Gasteiger partial charge in [0.05, 0.1) is 11.4 Å². The summed E-state index contributed by atoms with van der Waals surface area (Å²) in [6.07, 6.45) is 0.284. The van der Waals surface area contributed by atoms with Crippen molar-refractivity contribution in [1.82, 2.24) is 4.90 Å². The fourth-order valence-corrected chi connectivity index (χ4v) is 4.83. The van der Waals surface area contributed by atoms with Gasteiger partial charge >= 0.3 is 0 Å². The molecule has 29 heavy (non-hydrogen) atoms. The summed E-state index contributed by atoms with van der Waals surface area (Å²) in [5.74, 6) is 0.103. The van der Waals surface area contributed by atoms with Gasteiger partial charge in [0.2, 0.25) is 10.0 Å². The molecule has 0 atom stereocenters. The molecule has 1 heterocycles. The second-order valence-corrected chi connectivity index (χ2v) is 9.86. The molecule has 0 bridgehead atoms. The van der Waals surface area contributed by atoms with Crippen LogP contribution in [0.25, 0.3) is 21.6 Å². The van der Waals surface area contributed by atoms with Gasteiger partial charge in [-0.05, 0) is 66.0 Å². The Hall–Kier alpha value is -2.03. The number of Topliss-reactive ketones (excluding diaryl/α,β-unsaturated/α-hetero) is 1. The van der Waals surface area contributed by atoms with Crippen LogP contribution in [0.1, 0.15) is 5.56 Å². The Morgan fingerprint density at radius 3 is 2.17 bits per heavy atom. The molecule has 0 saturated carbocycles. The first-order valence-corrected chi connectivity index (χ1v) is 11.6. The van der Waals surface area contributed by atoms with Crippen molar-refractivity contribution in [2.45, 2.75) is 11.3 Å². The Balaban J connectivity index is 2.06. The van der Waals surface area contributed by atoms with E-state index in [9.17, 15) is 13.2 Å². The summed E-state index contributed by atoms with van der Waals surface area (Å²) in [4.78, 5) is 15.5. The summed E-state index contributed by atoms with van der Waals surface area (Å²) < 4.78 is 23.1. The van der Waals surface area contributed by atoms with E-state index < -0.39 is 10.0 Å². The molecule has 2 aromatic carbocycles. The van der Waals surface area contributed by atoms with Gasteiger partial charge in [0.25, 0.3) is 0 Å². The fourth-order valence-electron chi connectivity index (χ4n) is 3.07. The minimum Gasteiger partial charge on any atom is -0.302 e. The maximum Gasteiger partial charge on any atom is 0.238 e. The molecule has 2 N–H and O–H groups in total. The number of hydrogen-bond donors (Lipinski definition) is 1. The van der Waals surface area contributed by atoms with Crippen molar-refractivity contribution in [3.8, 4) is 21.6 Å². The molecule has 3 rings (SSSR count). The second kappa shape index (κ2) is 8.77. The third-order valence-corrected chi connectivity index (χ3v) is 6.61. The third kappa shape index (κ3) is 5.32. The van der Waals surface area contributed by atoms with E-state index in [1.165, 1.54) is 12.1 Å². The minimum atomic E-state index is -3.76. The van der Waals surface area contributed by atoms with Crippen LogP contribution in [-0.4, -0.2) is 39.7 Å². The zero-order valence-electron chi connectivity index (χ0n) is 16.1. The molecular formula is C21H21ClN2O3S2. The summed E-state index contributed by atoms with van der Waals surface area (Å²) in [7, 11) is -0.0365. The lowest BCUT2D eigenvalue weighted by molar-refractivity contribution is -0.119. The highest BCUT2D eigenvalue weighted by Gasteiger charge is 2.19. The van der Waals surface area contributed by atoms with Crippen molar-refractivity contribution in [1.29, 1.82) is 0 Å². The first-order chi connectivity index (χ1) is 13.6. The Morgan fingerprint density at radius 1 is 1.03 bits per heavy atom. The summed E-state index contributed by atoms with van der Waals surface area (Å²) in [6, 6.07) is 13.9. The van der Waals surface area contributed by atoms with E-state index in [2.05, 4.69) is 0 Å². The number of carbonyl (C=O) groups is 1. The number of rotatable bonds is 7. The highest BCUT2D eigenvalue weighted by atomic mass is 35.5. The largest absolute Gasteiger partial charge is 0.302 e. The van der Waals surface area contributed by atoms with Crippen molar-refractivity contribution >= 4 is 38.7 Å². The summed E-state index contributed by atoms with van der Waals surface area (Å²) in [6.45, 7) is 0.347. The highest BCUT2D eigenvalue weighted by molar-refractivity contribution is 7.89. The molecule has 0 aliphatic carbocycles. The number of thiophene rings is 1. The monoisotopic (exact) mass is 448 g/mol. The molecule has 5 nitrogen and oxygen atoms in total. The molecule has 1 aromatic heterocycles. The number of hydrogen-bond acceptors (Lipinski definition) is 5. The van der Waals surface area contributed by atoms with Gasteiger partial charge in [-0.2, -0.15) is 0 Å². The van der Waals surface area contributed by atoms with Crippen LogP contribution in [0.4, 0.5) is 0 Å². The topological polar surface area (TPSA) is 80.5 Å². The number of nitrogens with two attached hydrogens (primary N) is 1. The van der Waals surface area contributed by atoms with E-state index in [0.717, 1.165) is 27.1 Å². The second-order valence-electron chi connectivity index (χ2n) is 6.99. The normalized spacial score (nSPS) is 11.8. The van der Waals surface area contributed by atoms with Crippen LogP contribution >= 0.6 is 22.9 Å². The first-order valence-electron chi connectivity index (χ1n) is 8.81. The molecule has 8 heteroatoms. The van der Waals surface area contributed by atoms with E-state index in [1.54, 1.807) is 23.5 Å². The van der Waals surface area contributed by atoms with Gasteiger partial charge in [-0.3, -0.25) is 4.79 Å². The fraction of sp³-hybridized carbons (Fsp3) is 0.190. The molecule has 0 spiro atoms. The molecule has 0 radical (unpaired) electrons. The molecule has 0 aliphatic heterocycles. The summed E-state index contributed by atoms with van der Waals surface area (Å²) in [5.41, 5.74) is 3.65. The number of carbonyl (C=O) groups excluding carboxylic acids is 1. The lowest BCUT2D eigenvalue weighted by Crippen LogP contribution is -2.23. The van der Waals surface area contributed by atoms with Gasteiger partial charge < -0.3 is 4.90 Å². The van der Waals surface area contributed by atoms with Crippen LogP contribution in [0.5, 0.6) is 0 Å². The van der Waals surface area contributed by atoms with E-state index in [1.807, 2.05) is 48.6 Å². The molecule has 0 saturated heterocycles. The number of nitrogens with zero attached hydrogens (tertiary/aromatic N) is 1. The van der Waals surface area contributed by atoms with Gasteiger partial charge in [0.1, 0.15) is 0 Å². The van der Waals surface area contributed by atoms with Crippen molar-refractivity contribution in [3.05, 3.63) is 64.5 Å². The molecule has 0 aliphatic rings. The van der Waals surface area contributed by atoms with Gasteiger partial charge in [0.15, 0.2) is 5.78 Å². The quantitative estimate of drug-likeness (QED) is 0.591. The molecule has 0 amide bonds. The van der Waals surface area contributed by atoms with Crippen molar-refractivity contribution < 1.29 is 13.2 Å². The van der Waals surface area contributed by atoms with E-state index in [4.69, 9.17) is 16.7 Å². The van der Waals surface area contributed by atoms with Crippen LogP contribution in [0.2, 0.25) is 5.02 Å². The zero-order valence-corrected chi connectivity index (χ0v) is 18.4. The lowest BCUT2D eigenvalue weighted by atomic mass is 9.96. The number of likely N-dealkylation sites (N-methyl/N-ethyl adjacent to an activating group) is 1. The van der Waals surface area contributed by atoms with Crippen LogP contribution < -0.4 is 5.14 Å². The van der Waals surface area contributed by atoms with Crippen molar-refractivity contribution in [2.75, 3.05) is 20.6 Å². The summed E-state index contributed by atoms with van der Waals surface area (Å²) >= 11 is 7.57. The third-order valence-electron chi connectivity index (χ3n) is 4.36. The SMILES string of the molecule is CN(C)CC(=O)Cc1c(-c2ccc(S(N)(=O)=O)cc2)csc1-c1ccc(Cl)cc1. The lowest BCUT2D eigenvalue weighted by Gasteiger charge is -2.11. The Labute approximate surface area is 179 Å². The zero-order chi connectivity index (χ0) is 21.2. The predicted octanol–water partition coefficient (Wildman–Crippen LogP) is 4.06. The van der Waals surface area contributed by atoms with Crippen LogP contribution in [0.3, 0.4) is 0 Å². The number of halogens is 1. The minimum absolute atomic E-state index is 0.0552. The van der Waals surface area contributed by atoms with Crippen LogP contribution in [0.15, 0.2) is 58.8 Å². The Morgan fingerprint density at radius 2 is 1.62 bits per heavy atom. The standard InChI is InChI=1S/C21H21ClN2O3S2/c1-24(2)12-17(25)11-19-20(14-5-9-18(10-6-14)29(23,26)27)13-28-21(19)15-3-7-16(22)8-4-15/h3-10,13H,11-12H2,1-2H3,(H2,23,26,27). The maximum atomic E-state index is 12.6. The van der Waals surface area contributed by atoms with Gasteiger partial charge in [-0.25, -0.2) is 13.6 Å². The van der Waals surface area contributed by atoms with Gasteiger partial charge in [0, 0.05) is 16.3 Å². The molecule has 152 valence electrons. The Kier molecular flexibility index (Phi) is 6.55. The highest BCUT2D eigenvalue weighted by Crippen LogP contribution is 2.39. The van der Waals surface area contributed by atoms with Gasteiger partial charge in [-0.15, -0.1) is 11.3 Å². The predicted molar refractivity (Wildman–Crippen MR) is 119 cm³/mol. The smallest absolute Gasteiger partial charge is 0.238 e. The molecular weight excluding hydrogens is 428 g/mol. The summed E-state index contributed by atoms with van der Waals surface area (Å²) in [5, 5.41) is 7.84. The number of benzene rings is 2. The first kappa shape index (κ1) is 21.7. The van der Waals surface area contributed by atoms with Crippen LogP contribution in [-0.2, 0) is 21.2 Å². The number of primary sulfonamides is 1. The van der Waals surface area contributed by atoms with E-state index in [-0.39, 0.29) is 17.1 Å². The molecule has 3 aromatic rings. The van der Waals surface area contributed by atoms with Crippen molar-refractivity contribution in [2.24, 2.45) is 5.14 Å². The Bertz CT molecular complexity index is 1120. The number of ketones is 1. The van der Waals surface area contributed by atoms with Crippen LogP contribution in [0, 0.1) is 0 Å². The average molecular weight is 449 g/mol. The van der Waals surface area contributed by atoms with E-state index >= 15 is 0 Å². The molecule has 0 fully saturated rings. The number of sulfonamides is 1. The maximum absolute atomic E-state index is 12.6. The van der Waals surface area contributed by atoms with Gasteiger partial charge in [-0.1, -0.05) is 35.9 Å². The molecule has 0 unspecified atom stereocenters. The van der Waals surface area contributed by atoms with E-state index in [0.29, 0.717) is 11.6 Å². The average Bonchev–Trinajstić information content (AvgIpc) is 3.04.